The number of rotatable bonds is 15. The van der Waals surface area contributed by atoms with Crippen LogP contribution in [0.5, 0.6) is 0 Å². The summed E-state index contributed by atoms with van der Waals surface area (Å²) in [4.78, 5) is 13.7. The lowest BCUT2D eigenvalue weighted by Gasteiger charge is -2.37. The van der Waals surface area contributed by atoms with Gasteiger partial charge in [0.05, 0.1) is 19.2 Å². The van der Waals surface area contributed by atoms with Crippen LogP contribution in [-0.2, 0) is 16.9 Å². The summed E-state index contributed by atoms with van der Waals surface area (Å²) in [6.07, 6.45) is 14.3. The van der Waals surface area contributed by atoms with E-state index in [4.69, 9.17) is 27.3 Å². The first kappa shape index (κ1) is 52.9. The second-order valence-electron chi connectivity index (χ2n) is 21.2. The van der Waals surface area contributed by atoms with Gasteiger partial charge in [0.1, 0.15) is 23.1 Å². The summed E-state index contributed by atoms with van der Waals surface area (Å²) in [6, 6.07) is 46.5. The Hall–Kier alpha value is -8.49. The van der Waals surface area contributed by atoms with E-state index in [1.54, 1.807) is 24.3 Å². The number of thioether (sulfide) groups is 1. The molecule has 3 heterocycles. The first-order chi connectivity index (χ1) is 37.9. The SMILES string of the molecule is [C-]#[N+]C1=C(/C=C/C2=C(Sc3nc(-c4ccccc4)c(-c4ccccc4)o3)C(=C/C=c3\c4cccc5cccc(c54)n3CC(CC)CCCC)/CC(C(C)(C)C)C2)C(c2ccc(F)cc2)(c2ccc(F)cc2)O/C1=C(\C#N)[N+]#[C-]. The topological polar surface area (TPSA) is 72.7 Å². The molecule has 10 heteroatoms. The maximum absolute atomic E-state index is 14.8. The maximum atomic E-state index is 14.8. The van der Waals surface area contributed by atoms with Crippen molar-refractivity contribution >= 4 is 39.5 Å². The molecule has 0 bridgehead atoms. The van der Waals surface area contributed by atoms with Gasteiger partial charge in [0.15, 0.2) is 11.4 Å². The highest BCUT2D eigenvalue weighted by atomic mass is 32.2. The molecule has 0 N–H and O–H groups in total. The molecule has 7 nitrogen and oxygen atoms in total. The third kappa shape index (κ3) is 10.3. The molecule has 10 rings (SSSR count). The van der Waals surface area contributed by atoms with Crippen LogP contribution in [0.25, 0.3) is 60.0 Å². The van der Waals surface area contributed by atoms with Crippen molar-refractivity contribution in [2.75, 3.05) is 0 Å². The van der Waals surface area contributed by atoms with E-state index in [0.29, 0.717) is 45.7 Å². The monoisotopic (exact) mass is 1050 g/mol. The number of nitrogens with zero attached hydrogens (tertiary/aromatic N) is 5. The van der Waals surface area contributed by atoms with Gasteiger partial charge in [-0.15, -0.1) is 0 Å². The van der Waals surface area contributed by atoms with E-state index < -0.39 is 22.9 Å². The van der Waals surface area contributed by atoms with Gasteiger partial charge in [0.25, 0.3) is 10.9 Å². The van der Waals surface area contributed by atoms with E-state index in [1.807, 2.05) is 78.9 Å². The van der Waals surface area contributed by atoms with Crippen molar-refractivity contribution < 1.29 is 17.9 Å². The van der Waals surface area contributed by atoms with Crippen molar-refractivity contribution in [3.63, 3.8) is 0 Å². The van der Waals surface area contributed by atoms with Crippen LogP contribution in [0.2, 0.25) is 0 Å². The molecule has 0 saturated heterocycles. The largest absolute Gasteiger partial charge is 0.495 e. The van der Waals surface area contributed by atoms with Crippen molar-refractivity contribution in [1.29, 1.82) is 5.26 Å². The molecule has 2 aromatic heterocycles. The smallest absolute Gasteiger partial charge is 0.292 e. The van der Waals surface area contributed by atoms with Crippen LogP contribution in [-0.4, -0.2) is 9.55 Å². The van der Waals surface area contributed by atoms with Gasteiger partial charge < -0.3 is 13.7 Å². The second-order valence-corrected chi connectivity index (χ2v) is 22.1. The number of oxazole rings is 1. The van der Waals surface area contributed by atoms with Crippen LogP contribution < -0.4 is 5.35 Å². The Bertz CT molecular complexity index is 3770. The lowest BCUT2D eigenvalue weighted by molar-refractivity contribution is 0.0955. The number of ether oxygens (including phenoxy) is 1. The molecule has 0 spiro atoms. The first-order valence-electron chi connectivity index (χ1n) is 26.7. The molecule has 388 valence electrons. The molecule has 0 fully saturated rings. The number of hydrogen-bond donors (Lipinski definition) is 0. The fourth-order valence-corrected chi connectivity index (χ4v) is 12.1. The quantitative estimate of drug-likeness (QED) is 0.0756. The third-order valence-corrected chi connectivity index (χ3v) is 16.5. The fraction of sp³-hybridized carbons (Fsp3) is 0.235. The fourth-order valence-electron chi connectivity index (χ4n) is 11.1. The number of aromatic nitrogens is 2. The number of allylic oxidation sites excluding steroid dienone is 5. The van der Waals surface area contributed by atoms with Gasteiger partial charge >= 0.3 is 0 Å². The van der Waals surface area contributed by atoms with Gasteiger partial charge in [-0.1, -0.05) is 187 Å². The number of halogens is 2. The van der Waals surface area contributed by atoms with Crippen molar-refractivity contribution in [2.24, 2.45) is 17.3 Å². The first-order valence-corrected chi connectivity index (χ1v) is 27.5. The molecule has 1 aliphatic carbocycles. The minimum atomic E-state index is -1.71. The molecule has 6 aromatic carbocycles. The van der Waals surface area contributed by atoms with Gasteiger partial charge in [-0.3, -0.25) is 0 Å². The van der Waals surface area contributed by atoms with Gasteiger partial charge in [-0.05, 0) is 101 Å². The molecule has 2 aliphatic rings. The zero-order chi connectivity index (χ0) is 54.6. The molecular weight excluding hydrogens is 989 g/mol. The number of nitriles is 1. The van der Waals surface area contributed by atoms with E-state index in [0.717, 1.165) is 64.8 Å². The summed E-state index contributed by atoms with van der Waals surface area (Å²) < 4.78 is 45.9. The van der Waals surface area contributed by atoms with Crippen LogP contribution in [0.15, 0.2) is 212 Å². The van der Waals surface area contributed by atoms with Crippen molar-refractivity contribution in [3.05, 3.63) is 254 Å². The Morgan fingerprint density at radius 2 is 1.49 bits per heavy atom. The molecule has 2 atom stereocenters. The summed E-state index contributed by atoms with van der Waals surface area (Å²) >= 11 is 1.46. The summed E-state index contributed by atoms with van der Waals surface area (Å²) in [5.74, 6) is 0.0704. The molecule has 78 heavy (non-hydrogen) atoms. The van der Waals surface area contributed by atoms with E-state index >= 15 is 0 Å². The summed E-state index contributed by atoms with van der Waals surface area (Å²) in [6.45, 7) is 28.9. The highest BCUT2D eigenvalue weighted by Crippen LogP contribution is 2.54. The Labute approximate surface area is 459 Å². The van der Waals surface area contributed by atoms with E-state index in [1.165, 1.54) is 64.1 Å². The molecular formula is C68H59F2N5O2S. The highest BCUT2D eigenvalue weighted by molar-refractivity contribution is 8.03. The van der Waals surface area contributed by atoms with Crippen LogP contribution in [0.4, 0.5) is 8.78 Å². The summed E-state index contributed by atoms with van der Waals surface area (Å²) in [7, 11) is 0. The Balaban J connectivity index is 1.25. The van der Waals surface area contributed by atoms with E-state index in [2.05, 4.69) is 97.4 Å². The molecule has 2 unspecified atom stereocenters. The molecule has 0 radical (unpaired) electrons. The second kappa shape index (κ2) is 22.6. The third-order valence-electron chi connectivity index (χ3n) is 15.4. The molecule has 1 aliphatic heterocycles. The molecule has 0 amide bonds. The lowest BCUT2D eigenvalue weighted by Crippen LogP contribution is -2.29. The van der Waals surface area contributed by atoms with Crippen LogP contribution >= 0.6 is 11.8 Å². The van der Waals surface area contributed by atoms with Gasteiger partial charge in [0, 0.05) is 60.9 Å². The van der Waals surface area contributed by atoms with Crippen molar-refractivity contribution in [3.8, 4) is 28.7 Å². The summed E-state index contributed by atoms with van der Waals surface area (Å²) in [5.41, 5.74) is 4.52. The Kier molecular flexibility index (Phi) is 15.3. The minimum absolute atomic E-state index is 0.0574. The lowest BCUT2D eigenvalue weighted by atomic mass is 9.70. The van der Waals surface area contributed by atoms with Gasteiger partial charge in [-0.25, -0.2) is 28.7 Å². The normalized spacial score (nSPS) is 17.5. The zero-order valence-electron chi connectivity index (χ0n) is 44.5. The molecule has 8 aromatic rings. The Morgan fingerprint density at radius 3 is 2.09 bits per heavy atom. The van der Waals surface area contributed by atoms with Crippen molar-refractivity contribution in [1.82, 2.24) is 9.55 Å². The van der Waals surface area contributed by atoms with E-state index in [9.17, 15) is 14.0 Å². The van der Waals surface area contributed by atoms with Crippen LogP contribution in [0, 0.1) is 53.4 Å². The molecule has 0 saturated carbocycles. The van der Waals surface area contributed by atoms with Crippen molar-refractivity contribution in [2.45, 2.75) is 90.5 Å². The zero-order valence-corrected chi connectivity index (χ0v) is 45.3. The maximum Gasteiger partial charge on any atom is 0.292 e. The Morgan fingerprint density at radius 1 is 0.833 bits per heavy atom. The van der Waals surface area contributed by atoms with E-state index in [-0.39, 0.29) is 22.8 Å². The van der Waals surface area contributed by atoms with Gasteiger partial charge in [-0.2, -0.15) is 0 Å². The van der Waals surface area contributed by atoms with Crippen LogP contribution in [0.3, 0.4) is 0 Å². The summed E-state index contributed by atoms with van der Waals surface area (Å²) in [5, 5.41) is 15.6. The highest BCUT2D eigenvalue weighted by Gasteiger charge is 2.49. The minimum Gasteiger partial charge on any atom is -0.495 e. The number of benzene rings is 6. The number of unbranched alkanes of at least 4 members (excludes halogenated alkanes) is 1. The van der Waals surface area contributed by atoms with Gasteiger partial charge in [0.2, 0.25) is 5.70 Å². The average Bonchev–Trinajstić information content (AvgIpc) is 4.20. The number of hydrogen-bond acceptors (Lipinski definition) is 5. The standard InChI is InChI=1S/C68H59F2N5O2S/c1-8-10-19-44(9-2)43-75-58(55-26-17-24-45-25-18-27-59(75)60(45)55)39-29-49-41-52(67(3,4)5)40-48(65(49)78-66-74-61(46-20-13-11-14-21-46)63(76-66)47-22-15-12-16-23-47)28-38-56-62(73-7)64(57(42-71)72-6)77-68(56,50-30-34-53(69)35-31-50)51-32-36-54(70)37-33-51/h11-18,20-39,44,52H,8-10,19,40-41,43H2,1-5H3/b38-28+,49-29+,58-39+,64-57+. The predicted molar refractivity (Wildman–Crippen MR) is 310 cm³/mol. The van der Waals surface area contributed by atoms with Crippen LogP contribution in [0.1, 0.15) is 84.3 Å². The average molecular weight is 1050 g/mol. The predicted octanol–water partition coefficient (Wildman–Crippen LogP) is 17.9.